The van der Waals surface area contributed by atoms with Gasteiger partial charge in [0, 0.05) is 36.7 Å². The first kappa shape index (κ1) is 24.6. The van der Waals surface area contributed by atoms with Crippen molar-refractivity contribution in [1.29, 1.82) is 0 Å². The molecule has 4 fully saturated rings. The van der Waals surface area contributed by atoms with E-state index >= 15 is 0 Å². The smallest absolute Gasteiger partial charge is 0.335 e. The van der Waals surface area contributed by atoms with Crippen LogP contribution < -0.4 is 5.63 Å². The van der Waals surface area contributed by atoms with Gasteiger partial charge in [0.25, 0.3) is 0 Å². The first-order chi connectivity index (χ1) is 16.3. The number of carbonyl (C=O) groups excluding carboxylic acids is 2. The lowest BCUT2D eigenvalue weighted by molar-refractivity contribution is -0.278. The van der Waals surface area contributed by atoms with Gasteiger partial charge in [0.05, 0.1) is 29.0 Å². The summed E-state index contributed by atoms with van der Waals surface area (Å²) in [5.74, 6) is -2.80. The predicted molar refractivity (Wildman–Crippen MR) is 121 cm³/mol. The minimum absolute atomic E-state index is 0.0487. The lowest BCUT2D eigenvalue weighted by Gasteiger charge is -2.66. The lowest BCUT2D eigenvalue weighted by atomic mass is 9.40. The third-order valence-corrected chi connectivity index (χ3v) is 10.3. The van der Waals surface area contributed by atoms with Crippen molar-refractivity contribution in [2.24, 2.45) is 22.7 Å². The van der Waals surface area contributed by atoms with Gasteiger partial charge < -0.3 is 29.6 Å². The van der Waals surface area contributed by atoms with Crippen molar-refractivity contribution in [1.82, 2.24) is 0 Å². The van der Waals surface area contributed by atoms with Crippen LogP contribution in [0.25, 0.3) is 0 Å². The molecule has 9 nitrogen and oxygen atoms in total. The molecule has 5 rings (SSSR count). The maximum Gasteiger partial charge on any atom is 0.335 e. The first-order valence-corrected chi connectivity index (χ1v) is 12.4. The molecule has 4 N–H and O–H groups in total. The normalized spacial score (nSPS) is 49.1. The standard InChI is InChI=1S/C26H34O9/c1-13(27)35-18-11-23(2)20-16(6-8-25(23,32)10-17(18)28)26(33)9-7-15(14-4-5-19(29)34-12-14)24(26,3)22(31)21(20)30/h4-5,12,15-18,20-21,28,30,32-33H,6-11H2,1-3H3/t15-,16+,17-,18+,20-,21+,23-,24+,25+,26+/m1/s1. The highest BCUT2D eigenvalue weighted by molar-refractivity contribution is 5.93. The summed E-state index contributed by atoms with van der Waals surface area (Å²) in [6.07, 6.45) is -0.645. The second-order valence-corrected chi connectivity index (χ2v) is 11.7. The van der Waals surface area contributed by atoms with Crippen molar-refractivity contribution >= 4 is 11.8 Å². The molecule has 9 heteroatoms. The Kier molecular flexibility index (Phi) is 5.43. The van der Waals surface area contributed by atoms with E-state index in [2.05, 4.69) is 0 Å². The fourth-order valence-electron chi connectivity index (χ4n) is 8.45. The maximum atomic E-state index is 14.0. The second kappa shape index (κ2) is 7.71. The van der Waals surface area contributed by atoms with Crippen molar-refractivity contribution in [3.8, 4) is 0 Å². The molecule has 0 saturated heterocycles. The van der Waals surface area contributed by atoms with E-state index in [-0.39, 0.29) is 19.3 Å². The van der Waals surface area contributed by atoms with Crippen LogP contribution in [0.2, 0.25) is 0 Å². The summed E-state index contributed by atoms with van der Waals surface area (Å²) in [5.41, 5.74) is -5.13. The molecule has 0 radical (unpaired) electrons. The van der Waals surface area contributed by atoms with Gasteiger partial charge in [-0.3, -0.25) is 9.59 Å². The Bertz CT molecular complexity index is 1090. The van der Waals surface area contributed by atoms with Crippen molar-refractivity contribution in [2.75, 3.05) is 0 Å². The summed E-state index contributed by atoms with van der Waals surface area (Å²) in [4.78, 5) is 37.1. The fourth-order valence-corrected chi connectivity index (χ4v) is 8.45. The number of hydrogen-bond acceptors (Lipinski definition) is 9. The molecule has 1 heterocycles. The van der Waals surface area contributed by atoms with Gasteiger partial charge in [0.2, 0.25) is 0 Å². The molecular weight excluding hydrogens is 456 g/mol. The summed E-state index contributed by atoms with van der Waals surface area (Å²) < 4.78 is 10.4. The summed E-state index contributed by atoms with van der Waals surface area (Å²) >= 11 is 0. The van der Waals surface area contributed by atoms with Crippen LogP contribution in [-0.4, -0.2) is 61.7 Å². The minimum Gasteiger partial charge on any atom is -0.460 e. The van der Waals surface area contributed by atoms with E-state index in [4.69, 9.17) is 9.15 Å². The van der Waals surface area contributed by atoms with Crippen molar-refractivity contribution < 1.29 is 39.2 Å². The van der Waals surface area contributed by atoms with Crippen molar-refractivity contribution in [3.05, 3.63) is 34.4 Å². The summed E-state index contributed by atoms with van der Waals surface area (Å²) in [6.45, 7) is 4.71. The molecule has 0 amide bonds. The predicted octanol–water partition coefficient (Wildman–Crippen LogP) is 1.05. The molecule has 0 aliphatic heterocycles. The zero-order valence-corrected chi connectivity index (χ0v) is 20.3. The number of Topliss-reactive ketones (excluding diaryl/α,β-unsaturated/α-hetero) is 1. The Morgan fingerprint density at radius 3 is 2.43 bits per heavy atom. The highest BCUT2D eigenvalue weighted by Gasteiger charge is 2.76. The van der Waals surface area contributed by atoms with Crippen molar-refractivity contribution in [2.45, 2.75) is 94.7 Å². The average Bonchev–Trinajstić information content (AvgIpc) is 3.06. The molecule has 0 spiro atoms. The zero-order valence-electron chi connectivity index (χ0n) is 20.3. The summed E-state index contributed by atoms with van der Waals surface area (Å²) in [6, 6.07) is 2.89. The van der Waals surface area contributed by atoms with Crippen LogP contribution in [0.1, 0.15) is 70.8 Å². The molecule has 35 heavy (non-hydrogen) atoms. The number of aliphatic hydroxyl groups is 4. The van der Waals surface area contributed by atoms with E-state index in [0.717, 1.165) is 0 Å². The Morgan fingerprint density at radius 1 is 1.09 bits per heavy atom. The quantitative estimate of drug-likeness (QED) is 0.445. The average molecular weight is 491 g/mol. The number of ketones is 1. The van der Waals surface area contributed by atoms with Gasteiger partial charge in [0.1, 0.15) is 12.2 Å². The molecule has 1 aromatic rings. The van der Waals surface area contributed by atoms with Crippen LogP contribution in [0.15, 0.2) is 27.6 Å². The number of esters is 1. The van der Waals surface area contributed by atoms with Gasteiger partial charge in [-0.05, 0) is 56.6 Å². The number of rotatable bonds is 2. The van der Waals surface area contributed by atoms with Gasteiger partial charge in [0.15, 0.2) is 5.78 Å². The molecule has 4 saturated carbocycles. The molecule has 0 bridgehead atoms. The van der Waals surface area contributed by atoms with Crippen molar-refractivity contribution in [3.63, 3.8) is 0 Å². The van der Waals surface area contributed by atoms with Crippen LogP contribution in [0, 0.1) is 22.7 Å². The monoisotopic (exact) mass is 490 g/mol. The molecule has 0 unspecified atom stereocenters. The first-order valence-electron chi connectivity index (χ1n) is 12.4. The third-order valence-electron chi connectivity index (χ3n) is 10.3. The van der Waals surface area contributed by atoms with E-state index in [9.17, 15) is 34.8 Å². The Morgan fingerprint density at radius 2 is 1.80 bits per heavy atom. The lowest BCUT2D eigenvalue weighted by Crippen LogP contribution is -2.74. The second-order valence-electron chi connectivity index (χ2n) is 11.7. The van der Waals surface area contributed by atoms with E-state index in [1.807, 2.05) is 0 Å². The van der Waals surface area contributed by atoms with Crippen LogP contribution in [0.5, 0.6) is 0 Å². The van der Waals surface area contributed by atoms with Crippen LogP contribution in [-0.2, 0) is 14.3 Å². The minimum atomic E-state index is -1.47. The van der Waals surface area contributed by atoms with Gasteiger partial charge in [-0.15, -0.1) is 0 Å². The topological polar surface area (TPSA) is 154 Å². The number of carbonyl (C=O) groups is 2. The third kappa shape index (κ3) is 3.11. The summed E-state index contributed by atoms with van der Waals surface area (Å²) in [7, 11) is 0. The number of aliphatic hydroxyl groups excluding tert-OH is 2. The highest BCUT2D eigenvalue weighted by Crippen LogP contribution is 2.70. The molecule has 4 aliphatic rings. The maximum absolute atomic E-state index is 14.0. The molecular formula is C26H34O9. The largest absolute Gasteiger partial charge is 0.460 e. The van der Waals surface area contributed by atoms with E-state index in [1.165, 1.54) is 19.3 Å². The molecule has 0 aromatic carbocycles. The number of hydrogen-bond donors (Lipinski definition) is 4. The fraction of sp³-hybridized carbons (Fsp3) is 0.731. The summed E-state index contributed by atoms with van der Waals surface area (Å²) in [5, 5.41) is 46.1. The van der Waals surface area contributed by atoms with Crippen LogP contribution >= 0.6 is 0 Å². The molecule has 10 atom stereocenters. The Labute approximate surface area is 203 Å². The van der Waals surface area contributed by atoms with Crippen LogP contribution in [0.3, 0.4) is 0 Å². The Balaban J connectivity index is 1.58. The highest BCUT2D eigenvalue weighted by atomic mass is 16.6. The van der Waals surface area contributed by atoms with Gasteiger partial charge in [-0.2, -0.15) is 0 Å². The van der Waals surface area contributed by atoms with E-state index in [1.54, 1.807) is 19.9 Å². The van der Waals surface area contributed by atoms with E-state index in [0.29, 0.717) is 24.8 Å². The molecule has 1 aromatic heterocycles. The number of ether oxygens (including phenoxy) is 1. The van der Waals surface area contributed by atoms with Gasteiger partial charge in [-0.1, -0.05) is 6.92 Å². The van der Waals surface area contributed by atoms with Gasteiger partial charge in [-0.25, -0.2) is 4.79 Å². The van der Waals surface area contributed by atoms with E-state index < -0.39 is 75.5 Å². The van der Waals surface area contributed by atoms with Gasteiger partial charge >= 0.3 is 11.6 Å². The molecule has 4 aliphatic carbocycles. The SMILES string of the molecule is CC(=O)O[C@H]1C[C@]2(C)[C@H]3[C@H](O)C(=O)[C@]4(C)[C@@H](c5ccc(=O)oc5)CC[C@]4(O)[C@H]3CC[C@]2(O)C[C@H]1O. The van der Waals surface area contributed by atoms with Crippen LogP contribution in [0.4, 0.5) is 0 Å². The zero-order chi connectivity index (χ0) is 25.6. The Hall–Kier alpha value is -2.07. The molecule has 192 valence electrons. The number of fused-ring (bicyclic) bond motifs is 5.